The lowest BCUT2D eigenvalue weighted by Crippen LogP contribution is -2.31. The maximum Gasteiger partial charge on any atom is 0.160 e. The van der Waals surface area contributed by atoms with Gasteiger partial charge in [-0.2, -0.15) is 0 Å². The van der Waals surface area contributed by atoms with E-state index in [0.29, 0.717) is 17.3 Å². The zero-order valence-electron chi connectivity index (χ0n) is 13.4. The standard InChI is InChI=1S/C18H20N4O/c1-3-15-17-12-10-14(11-6-4-5-7-16(11)23)20-21-18(12)19-13(17)8-9-22(15)2/h4-7,10,15,23H,3,8-9H2,1-2H3,(H,19,21). The maximum atomic E-state index is 10.1. The number of H-pyrrole nitrogens is 1. The highest BCUT2D eigenvalue weighted by Gasteiger charge is 2.28. The van der Waals surface area contributed by atoms with Crippen molar-refractivity contribution in [1.29, 1.82) is 0 Å². The van der Waals surface area contributed by atoms with E-state index in [2.05, 4.69) is 40.1 Å². The summed E-state index contributed by atoms with van der Waals surface area (Å²) in [6.45, 7) is 3.27. The first-order valence-electron chi connectivity index (χ1n) is 8.05. The van der Waals surface area contributed by atoms with Crippen molar-refractivity contribution < 1.29 is 5.11 Å². The summed E-state index contributed by atoms with van der Waals surface area (Å²) >= 11 is 0. The molecule has 1 unspecified atom stereocenters. The molecule has 2 N–H and O–H groups in total. The number of nitrogens with one attached hydrogen (secondary N) is 1. The molecule has 0 radical (unpaired) electrons. The molecule has 118 valence electrons. The molecule has 23 heavy (non-hydrogen) atoms. The lowest BCUT2D eigenvalue weighted by molar-refractivity contribution is 0.226. The Balaban J connectivity index is 1.92. The minimum Gasteiger partial charge on any atom is -0.507 e. The van der Waals surface area contributed by atoms with Crippen molar-refractivity contribution in [3.05, 3.63) is 41.6 Å². The molecule has 1 aromatic carbocycles. The quantitative estimate of drug-likeness (QED) is 0.762. The lowest BCUT2D eigenvalue weighted by Gasteiger charge is -2.32. The third kappa shape index (κ3) is 2.19. The van der Waals surface area contributed by atoms with Gasteiger partial charge in [0.2, 0.25) is 0 Å². The first-order valence-corrected chi connectivity index (χ1v) is 8.05. The fraction of sp³-hybridized carbons (Fsp3) is 0.333. The van der Waals surface area contributed by atoms with E-state index in [4.69, 9.17) is 0 Å². The summed E-state index contributed by atoms with van der Waals surface area (Å²) in [4.78, 5) is 5.83. The van der Waals surface area contributed by atoms with Crippen LogP contribution in [0.15, 0.2) is 30.3 Å². The molecule has 0 saturated carbocycles. The van der Waals surface area contributed by atoms with E-state index in [0.717, 1.165) is 30.4 Å². The predicted octanol–water partition coefficient (Wildman–Crippen LogP) is 3.27. The molecule has 0 saturated heterocycles. The van der Waals surface area contributed by atoms with Crippen molar-refractivity contribution >= 4 is 11.0 Å². The number of aromatic nitrogens is 3. The fourth-order valence-electron chi connectivity index (χ4n) is 3.64. The molecule has 1 atom stereocenters. The molecule has 1 aliphatic heterocycles. The highest BCUT2D eigenvalue weighted by atomic mass is 16.3. The summed E-state index contributed by atoms with van der Waals surface area (Å²) in [6, 6.07) is 9.70. The molecule has 0 aliphatic carbocycles. The average molecular weight is 308 g/mol. The van der Waals surface area contributed by atoms with Crippen molar-refractivity contribution in [2.24, 2.45) is 0 Å². The van der Waals surface area contributed by atoms with Gasteiger partial charge in [0, 0.05) is 35.7 Å². The van der Waals surface area contributed by atoms with E-state index in [1.807, 2.05) is 18.2 Å². The Hall–Kier alpha value is -2.40. The smallest absolute Gasteiger partial charge is 0.160 e. The molecule has 0 spiro atoms. The van der Waals surface area contributed by atoms with Gasteiger partial charge in [-0.3, -0.25) is 4.90 Å². The second-order valence-corrected chi connectivity index (χ2v) is 6.18. The molecule has 0 bridgehead atoms. The molecule has 5 heteroatoms. The molecular weight excluding hydrogens is 288 g/mol. The van der Waals surface area contributed by atoms with Gasteiger partial charge in [-0.1, -0.05) is 19.1 Å². The zero-order chi connectivity index (χ0) is 16.0. The summed E-state index contributed by atoms with van der Waals surface area (Å²) < 4.78 is 0. The second kappa shape index (κ2) is 5.35. The Morgan fingerprint density at radius 1 is 1.30 bits per heavy atom. The van der Waals surface area contributed by atoms with E-state index < -0.39 is 0 Å². The fourth-order valence-corrected chi connectivity index (χ4v) is 3.64. The topological polar surface area (TPSA) is 65.0 Å². The Labute approximate surface area is 135 Å². The number of hydrogen-bond acceptors (Lipinski definition) is 4. The molecule has 2 aromatic heterocycles. The van der Waals surface area contributed by atoms with Gasteiger partial charge in [0.05, 0.1) is 5.69 Å². The first-order chi connectivity index (χ1) is 11.2. The number of benzene rings is 1. The predicted molar refractivity (Wildman–Crippen MR) is 90.4 cm³/mol. The monoisotopic (exact) mass is 308 g/mol. The molecular formula is C18H20N4O. The minimum absolute atomic E-state index is 0.231. The second-order valence-electron chi connectivity index (χ2n) is 6.18. The lowest BCUT2D eigenvalue weighted by atomic mass is 9.94. The molecule has 3 heterocycles. The number of para-hydroxylation sites is 1. The number of nitrogens with zero attached hydrogens (tertiary/aromatic N) is 3. The van der Waals surface area contributed by atoms with Gasteiger partial charge in [-0.25, -0.2) is 0 Å². The van der Waals surface area contributed by atoms with Crippen molar-refractivity contribution in [2.45, 2.75) is 25.8 Å². The van der Waals surface area contributed by atoms with Crippen molar-refractivity contribution in [2.75, 3.05) is 13.6 Å². The summed E-state index contributed by atoms with van der Waals surface area (Å²) in [5, 5.41) is 19.9. The number of likely N-dealkylation sites (N-methyl/N-ethyl adjacent to an activating group) is 1. The summed E-state index contributed by atoms with van der Waals surface area (Å²) in [6.07, 6.45) is 2.06. The number of phenols is 1. The Morgan fingerprint density at radius 3 is 2.91 bits per heavy atom. The average Bonchev–Trinajstić information content (AvgIpc) is 2.93. The Morgan fingerprint density at radius 2 is 2.13 bits per heavy atom. The van der Waals surface area contributed by atoms with Crippen LogP contribution in [0.25, 0.3) is 22.3 Å². The van der Waals surface area contributed by atoms with Gasteiger partial charge in [0.15, 0.2) is 5.65 Å². The summed E-state index contributed by atoms with van der Waals surface area (Å²) in [5.41, 5.74) is 4.87. The van der Waals surface area contributed by atoms with Crippen molar-refractivity contribution in [1.82, 2.24) is 20.1 Å². The Kier molecular flexibility index (Phi) is 3.31. The first kappa shape index (κ1) is 14.2. The maximum absolute atomic E-state index is 10.1. The highest BCUT2D eigenvalue weighted by Crippen LogP contribution is 2.37. The molecule has 5 nitrogen and oxygen atoms in total. The van der Waals surface area contributed by atoms with Crippen LogP contribution >= 0.6 is 0 Å². The third-order valence-corrected chi connectivity index (χ3v) is 4.82. The van der Waals surface area contributed by atoms with E-state index in [1.165, 1.54) is 11.3 Å². The molecule has 3 aromatic rings. The van der Waals surface area contributed by atoms with Crippen LogP contribution in [0.1, 0.15) is 30.6 Å². The van der Waals surface area contributed by atoms with Gasteiger partial charge in [0.25, 0.3) is 0 Å². The van der Waals surface area contributed by atoms with Crippen LogP contribution in [0, 0.1) is 0 Å². The van der Waals surface area contributed by atoms with E-state index in [9.17, 15) is 5.11 Å². The van der Waals surface area contributed by atoms with E-state index >= 15 is 0 Å². The number of fused-ring (bicyclic) bond motifs is 3. The normalized spacial score (nSPS) is 18.3. The van der Waals surface area contributed by atoms with Crippen molar-refractivity contribution in [3.8, 4) is 17.0 Å². The molecule has 0 amide bonds. The molecule has 0 fully saturated rings. The SMILES string of the molecule is CCC1c2c([nH]c3nnc(-c4ccccc4O)cc23)CCN1C. The summed E-state index contributed by atoms with van der Waals surface area (Å²) in [5.74, 6) is 0.231. The number of aromatic hydroxyl groups is 1. The van der Waals surface area contributed by atoms with Crippen LogP contribution in [0.5, 0.6) is 5.75 Å². The van der Waals surface area contributed by atoms with Gasteiger partial charge >= 0.3 is 0 Å². The minimum atomic E-state index is 0.231. The van der Waals surface area contributed by atoms with Gasteiger partial charge < -0.3 is 10.1 Å². The number of rotatable bonds is 2. The molecule has 4 rings (SSSR count). The van der Waals surface area contributed by atoms with Gasteiger partial charge in [-0.15, -0.1) is 10.2 Å². The van der Waals surface area contributed by atoms with Crippen LogP contribution in [0.3, 0.4) is 0 Å². The Bertz CT molecular complexity index is 871. The van der Waals surface area contributed by atoms with Crippen molar-refractivity contribution in [3.63, 3.8) is 0 Å². The summed E-state index contributed by atoms with van der Waals surface area (Å²) in [7, 11) is 2.18. The largest absolute Gasteiger partial charge is 0.507 e. The van der Waals surface area contributed by atoms with Crippen LogP contribution in [0.2, 0.25) is 0 Å². The van der Waals surface area contributed by atoms with Crippen LogP contribution in [0.4, 0.5) is 0 Å². The van der Waals surface area contributed by atoms with Crippen LogP contribution < -0.4 is 0 Å². The third-order valence-electron chi connectivity index (χ3n) is 4.82. The van der Waals surface area contributed by atoms with E-state index in [-0.39, 0.29) is 5.75 Å². The molecule has 1 aliphatic rings. The zero-order valence-corrected chi connectivity index (χ0v) is 13.4. The number of aromatic amines is 1. The van der Waals surface area contributed by atoms with E-state index in [1.54, 1.807) is 6.07 Å². The number of hydrogen-bond donors (Lipinski definition) is 2. The van der Waals surface area contributed by atoms with Gasteiger partial charge in [-0.05, 0) is 37.2 Å². The number of phenolic OH excluding ortho intramolecular Hbond substituents is 1. The van der Waals surface area contributed by atoms with Gasteiger partial charge in [0.1, 0.15) is 5.75 Å². The van der Waals surface area contributed by atoms with Crippen LogP contribution in [-0.4, -0.2) is 38.8 Å². The highest BCUT2D eigenvalue weighted by molar-refractivity contribution is 5.86. The van der Waals surface area contributed by atoms with Crippen LogP contribution in [-0.2, 0) is 6.42 Å².